The SMILES string of the molecule is COc1cccc2c1CC(C(=O)[O-])N2C(=O)OC(C)(C)C. The average Bonchev–Trinajstić information content (AvgIpc) is 2.75. The van der Waals surface area contributed by atoms with Crippen LogP contribution in [-0.2, 0) is 16.0 Å². The molecule has 0 N–H and O–H groups in total. The molecule has 1 aliphatic heterocycles. The number of anilines is 1. The number of aliphatic carboxylic acids is 1. The van der Waals surface area contributed by atoms with Gasteiger partial charge in [-0.3, -0.25) is 4.90 Å². The molecule has 21 heavy (non-hydrogen) atoms. The first-order valence-corrected chi connectivity index (χ1v) is 6.63. The zero-order valence-electron chi connectivity index (χ0n) is 12.5. The summed E-state index contributed by atoms with van der Waals surface area (Å²) in [6, 6.07) is 4.01. The Morgan fingerprint density at radius 1 is 1.33 bits per heavy atom. The van der Waals surface area contributed by atoms with Gasteiger partial charge in [0, 0.05) is 12.0 Å². The smallest absolute Gasteiger partial charge is 0.415 e. The van der Waals surface area contributed by atoms with E-state index in [1.165, 1.54) is 7.11 Å². The molecule has 1 aliphatic rings. The lowest BCUT2D eigenvalue weighted by Gasteiger charge is -2.29. The summed E-state index contributed by atoms with van der Waals surface area (Å²) >= 11 is 0. The molecule has 1 heterocycles. The first-order valence-electron chi connectivity index (χ1n) is 6.63. The zero-order chi connectivity index (χ0) is 15.8. The highest BCUT2D eigenvalue weighted by Gasteiger charge is 2.38. The van der Waals surface area contributed by atoms with Crippen molar-refractivity contribution in [1.29, 1.82) is 0 Å². The van der Waals surface area contributed by atoms with E-state index in [4.69, 9.17) is 9.47 Å². The van der Waals surface area contributed by atoms with Crippen molar-refractivity contribution in [2.45, 2.75) is 38.8 Å². The van der Waals surface area contributed by atoms with Crippen molar-refractivity contribution in [3.05, 3.63) is 23.8 Å². The van der Waals surface area contributed by atoms with Crippen molar-refractivity contribution >= 4 is 17.7 Å². The van der Waals surface area contributed by atoms with E-state index in [1.807, 2.05) is 0 Å². The van der Waals surface area contributed by atoms with Crippen LogP contribution in [-0.4, -0.2) is 30.8 Å². The summed E-state index contributed by atoms with van der Waals surface area (Å²) in [5.41, 5.74) is 0.438. The molecule has 0 aliphatic carbocycles. The molecule has 0 aromatic heterocycles. The summed E-state index contributed by atoms with van der Waals surface area (Å²) in [6.07, 6.45) is -0.565. The van der Waals surface area contributed by atoms with E-state index >= 15 is 0 Å². The van der Waals surface area contributed by atoms with Crippen LogP contribution in [0, 0.1) is 0 Å². The van der Waals surface area contributed by atoms with Crippen LogP contribution in [0.25, 0.3) is 0 Å². The van der Waals surface area contributed by atoms with Gasteiger partial charge >= 0.3 is 6.09 Å². The number of ether oxygens (including phenoxy) is 2. The maximum absolute atomic E-state index is 12.3. The Hall–Kier alpha value is -2.24. The molecular weight excluding hydrogens is 274 g/mol. The van der Waals surface area contributed by atoms with E-state index in [-0.39, 0.29) is 6.42 Å². The van der Waals surface area contributed by atoms with Gasteiger partial charge in [0.15, 0.2) is 0 Å². The molecule has 1 aromatic carbocycles. The minimum atomic E-state index is -1.32. The third kappa shape index (κ3) is 2.94. The van der Waals surface area contributed by atoms with Crippen molar-refractivity contribution in [2.24, 2.45) is 0 Å². The normalized spacial score (nSPS) is 17.3. The van der Waals surface area contributed by atoms with Crippen LogP contribution in [0.5, 0.6) is 5.75 Å². The Morgan fingerprint density at radius 3 is 2.52 bits per heavy atom. The maximum Gasteiger partial charge on any atom is 0.415 e. The predicted molar refractivity (Wildman–Crippen MR) is 74.2 cm³/mol. The lowest BCUT2D eigenvalue weighted by Crippen LogP contribution is -2.50. The van der Waals surface area contributed by atoms with Gasteiger partial charge in [-0.1, -0.05) is 6.07 Å². The van der Waals surface area contributed by atoms with Gasteiger partial charge in [-0.25, -0.2) is 4.79 Å². The fourth-order valence-corrected chi connectivity index (χ4v) is 2.35. The van der Waals surface area contributed by atoms with E-state index in [2.05, 4.69) is 0 Å². The second-order valence-electron chi connectivity index (χ2n) is 5.85. The van der Waals surface area contributed by atoms with E-state index in [9.17, 15) is 14.7 Å². The van der Waals surface area contributed by atoms with E-state index in [0.717, 1.165) is 4.90 Å². The van der Waals surface area contributed by atoms with Crippen molar-refractivity contribution in [2.75, 3.05) is 12.0 Å². The molecule has 6 nitrogen and oxygen atoms in total. The molecule has 0 radical (unpaired) electrons. The molecule has 6 heteroatoms. The van der Waals surface area contributed by atoms with Crippen LogP contribution in [0.2, 0.25) is 0 Å². The molecular formula is C15H18NO5-. The molecule has 1 unspecified atom stereocenters. The minimum absolute atomic E-state index is 0.140. The first-order chi connectivity index (χ1) is 9.74. The number of fused-ring (bicyclic) bond motifs is 1. The summed E-state index contributed by atoms with van der Waals surface area (Å²) in [5, 5.41) is 11.3. The number of benzene rings is 1. The lowest BCUT2D eigenvalue weighted by molar-refractivity contribution is -0.307. The van der Waals surface area contributed by atoms with Gasteiger partial charge in [-0.2, -0.15) is 0 Å². The largest absolute Gasteiger partial charge is 0.548 e. The summed E-state index contributed by atoms with van der Waals surface area (Å²) in [4.78, 5) is 24.8. The van der Waals surface area contributed by atoms with E-state index < -0.39 is 23.7 Å². The van der Waals surface area contributed by atoms with Crippen LogP contribution in [0.1, 0.15) is 26.3 Å². The van der Waals surface area contributed by atoms with Crippen LogP contribution < -0.4 is 14.7 Å². The minimum Gasteiger partial charge on any atom is -0.548 e. The average molecular weight is 292 g/mol. The third-order valence-corrected chi connectivity index (χ3v) is 3.16. The summed E-state index contributed by atoms with van der Waals surface area (Å²) in [7, 11) is 1.50. The molecule has 1 aromatic rings. The monoisotopic (exact) mass is 292 g/mol. The number of rotatable bonds is 2. The Balaban J connectivity index is 2.43. The molecule has 0 bridgehead atoms. The number of nitrogens with zero attached hydrogens (tertiary/aromatic N) is 1. The molecule has 1 amide bonds. The van der Waals surface area contributed by atoms with Crippen molar-refractivity contribution in [3.8, 4) is 5.75 Å². The zero-order valence-corrected chi connectivity index (χ0v) is 12.5. The van der Waals surface area contributed by atoms with Crippen LogP contribution >= 0.6 is 0 Å². The van der Waals surface area contributed by atoms with Gasteiger partial charge in [0.2, 0.25) is 0 Å². The standard InChI is InChI=1S/C15H19NO5/c1-15(2,3)21-14(19)16-10-6-5-7-12(20-4)9(10)8-11(16)13(17)18/h5-7,11H,8H2,1-4H3,(H,17,18)/p-1. The summed E-state index contributed by atoms with van der Waals surface area (Å²) < 4.78 is 10.5. The summed E-state index contributed by atoms with van der Waals surface area (Å²) in [5.74, 6) is -0.774. The molecule has 0 saturated carbocycles. The second kappa shape index (κ2) is 5.27. The number of carboxylic acids is 1. The first kappa shape index (κ1) is 15.2. The number of hydrogen-bond donors (Lipinski definition) is 0. The van der Waals surface area contributed by atoms with Crippen LogP contribution in [0.4, 0.5) is 10.5 Å². The fourth-order valence-electron chi connectivity index (χ4n) is 2.35. The van der Waals surface area contributed by atoms with Gasteiger partial charge in [0.25, 0.3) is 0 Å². The Bertz CT molecular complexity index is 576. The van der Waals surface area contributed by atoms with Gasteiger partial charge in [0.05, 0.1) is 24.8 Å². The van der Waals surface area contributed by atoms with Crippen molar-refractivity contribution < 1.29 is 24.2 Å². The van der Waals surface area contributed by atoms with Gasteiger partial charge in [-0.05, 0) is 32.9 Å². The number of amides is 1. The molecule has 114 valence electrons. The molecule has 0 spiro atoms. The van der Waals surface area contributed by atoms with E-state index in [0.29, 0.717) is 17.0 Å². The van der Waals surface area contributed by atoms with Crippen molar-refractivity contribution in [1.82, 2.24) is 0 Å². The van der Waals surface area contributed by atoms with Gasteiger partial charge < -0.3 is 19.4 Å². The molecule has 0 fully saturated rings. The van der Waals surface area contributed by atoms with E-state index in [1.54, 1.807) is 39.0 Å². The lowest BCUT2D eigenvalue weighted by atomic mass is 10.1. The van der Waals surface area contributed by atoms with Crippen molar-refractivity contribution in [3.63, 3.8) is 0 Å². The molecule has 2 rings (SSSR count). The van der Waals surface area contributed by atoms with Gasteiger partial charge in [0.1, 0.15) is 11.4 Å². The topological polar surface area (TPSA) is 78.9 Å². The number of methoxy groups -OCH3 is 1. The fraction of sp³-hybridized carbons (Fsp3) is 0.467. The predicted octanol–water partition coefficient (Wildman–Crippen LogP) is 1.11. The third-order valence-electron chi connectivity index (χ3n) is 3.16. The Labute approximate surface area is 123 Å². The number of hydrogen-bond acceptors (Lipinski definition) is 5. The number of carbonyl (C=O) groups excluding carboxylic acids is 2. The second-order valence-corrected chi connectivity index (χ2v) is 5.85. The molecule has 0 saturated heterocycles. The quantitative estimate of drug-likeness (QED) is 0.816. The Morgan fingerprint density at radius 2 is 2.00 bits per heavy atom. The maximum atomic E-state index is 12.3. The molecule has 1 atom stereocenters. The highest BCUT2D eigenvalue weighted by molar-refractivity contribution is 5.98. The van der Waals surface area contributed by atoms with Crippen LogP contribution in [0.3, 0.4) is 0 Å². The summed E-state index contributed by atoms with van der Waals surface area (Å²) in [6.45, 7) is 5.17. The number of carboxylic acid groups (broad SMARTS) is 1. The highest BCUT2D eigenvalue weighted by atomic mass is 16.6. The Kier molecular flexibility index (Phi) is 3.80. The van der Waals surface area contributed by atoms with Gasteiger partial charge in [-0.15, -0.1) is 0 Å². The highest BCUT2D eigenvalue weighted by Crippen LogP contribution is 2.38. The number of carbonyl (C=O) groups is 2. The van der Waals surface area contributed by atoms with Crippen LogP contribution in [0.15, 0.2) is 18.2 Å².